The molecule has 0 spiro atoms. The van der Waals surface area contributed by atoms with Crippen LogP contribution in [0.2, 0.25) is 0 Å². The maximum atomic E-state index is 5.63. The van der Waals surface area contributed by atoms with Gasteiger partial charge in [-0.2, -0.15) is 0 Å². The van der Waals surface area contributed by atoms with Gasteiger partial charge in [0, 0.05) is 13.2 Å². The van der Waals surface area contributed by atoms with Crippen LogP contribution < -0.4 is 5.32 Å². The van der Waals surface area contributed by atoms with E-state index in [1.165, 1.54) is 22.3 Å². The number of nitrogens with one attached hydrogen (secondary N) is 1. The SMILES string of the molecule is CCNC(Cc1c(C)cc(C)cc1C)C(CC)OC. The molecule has 0 aliphatic heterocycles. The zero-order valence-electron chi connectivity index (χ0n) is 13.3. The lowest BCUT2D eigenvalue weighted by Gasteiger charge is -2.27. The Morgan fingerprint density at radius 3 is 2.11 bits per heavy atom. The van der Waals surface area contributed by atoms with E-state index in [1.807, 2.05) is 7.11 Å². The summed E-state index contributed by atoms with van der Waals surface area (Å²) in [4.78, 5) is 0. The van der Waals surface area contributed by atoms with Crippen molar-refractivity contribution in [3.63, 3.8) is 0 Å². The van der Waals surface area contributed by atoms with Gasteiger partial charge in [-0.05, 0) is 56.8 Å². The first-order valence-electron chi connectivity index (χ1n) is 7.36. The highest BCUT2D eigenvalue weighted by molar-refractivity contribution is 5.38. The zero-order valence-corrected chi connectivity index (χ0v) is 13.3. The smallest absolute Gasteiger partial charge is 0.0724 e. The Morgan fingerprint density at radius 2 is 1.68 bits per heavy atom. The van der Waals surface area contributed by atoms with E-state index in [0.717, 1.165) is 19.4 Å². The summed E-state index contributed by atoms with van der Waals surface area (Å²) in [6.07, 6.45) is 2.36. The minimum absolute atomic E-state index is 0.278. The van der Waals surface area contributed by atoms with Crippen molar-refractivity contribution in [3.05, 3.63) is 34.4 Å². The quantitative estimate of drug-likeness (QED) is 0.812. The second kappa shape index (κ2) is 7.66. The fraction of sp³-hybridized carbons (Fsp3) is 0.647. The molecule has 1 aromatic carbocycles. The number of likely N-dealkylation sites (N-methyl/N-ethyl adjacent to an activating group) is 1. The van der Waals surface area contributed by atoms with Crippen LogP contribution >= 0.6 is 0 Å². The van der Waals surface area contributed by atoms with Crippen molar-refractivity contribution < 1.29 is 4.74 Å². The summed E-state index contributed by atoms with van der Waals surface area (Å²) in [5.41, 5.74) is 5.60. The lowest BCUT2D eigenvalue weighted by atomic mass is 9.92. The first-order chi connectivity index (χ1) is 9.03. The van der Waals surface area contributed by atoms with E-state index in [-0.39, 0.29) is 6.10 Å². The summed E-state index contributed by atoms with van der Waals surface area (Å²) >= 11 is 0. The summed E-state index contributed by atoms with van der Waals surface area (Å²) in [5.74, 6) is 0. The molecule has 0 aliphatic rings. The first kappa shape index (κ1) is 16.2. The molecule has 0 amide bonds. The van der Waals surface area contributed by atoms with Crippen LogP contribution in [0.15, 0.2) is 12.1 Å². The minimum Gasteiger partial charge on any atom is -0.380 e. The average molecular weight is 263 g/mol. The molecule has 2 heteroatoms. The van der Waals surface area contributed by atoms with Crippen molar-refractivity contribution in [2.24, 2.45) is 0 Å². The molecule has 2 unspecified atom stereocenters. The molecule has 19 heavy (non-hydrogen) atoms. The van der Waals surface area contributed by atoms with Gasteiger partial charge in [0.05, 0.1) is 6.10 Å². The average Bonchev–Trinajstić information content (AvgIpc) is 2.34. The van der Waals surface area contributed by atoms with Crippen molar-refractivity contribution >= 4 is 0 Å². The Hall–Kier alpha value is -0.860. The Bertz CT molecular complexity index is 373. The van der Waals surface area contributed by atoms with Gasteiger partial charge in [-0.25, -0.2) is 0 Å². The molecule has 1 rings (SSSR count). The second-order valence-electron chi connectivity index (χ2n) is 5.43. The molecular weight excluding hydrogens is 234 g/mol. The fourth-order valence-corrected chi connectivity index (χ4v) is 2.96. The normalized spacial score (nSPS) is 14.4. The van der Waals surface area contributed by atoms with Gasteiger partial charge in [0.15, 0.2) is 0 Å². The van der Waals surface area contributed by atoms with Crippen LogP contribution in [-0.4, -0.2) is 25.8 Å². The van der Waals surface area contributed by atoms with Gasteiger partial charge in [0.25, 0.3) is 0 Å². The van der Waals surface area contributed by atoms with Gasteiger partial charge in [0.2, 0.25) is 0 Å². The zero-order chi connectivity index (χ0) is 14.4. The van der Waals surface area contributed by atoms with Gasteiger partial charge in [-0.3, -0.25) is 0 Å². The van der Waals surface area contributed by atoms with E-state index >= 15 is 0 Å². The molecule has 2 atom stereocenters. The van der Waals surface area contributed by atoms with E-state index in [4.69, 9.17) is 4.74 Å². The molecular formula is C17H29NO. The lowest BCUT2D eigenvalue weighted by Crippen LogP contribution is -2.42. The first-order valence-corrected chi connectivity index (χ1v) is 7.36. The Labute approximate surface area is 118 Å². The maximum absolute atomic E-state index is 5.63. The molecule has 0 saturated heterocycles. The molecule has 0 saturated carbocycles. The monoisotopic (exact) mass is 263 g/mol. The summed E-state index contributed by atoms with van der Waals surface area (Å²) in [6, 6.07) is 4.94. The molecule has 1 aromatic rings. The van der Waals surface area contributed by atoms with E-state index in [2.05, 4.69) is 52.1 Å². The molecule has 0 bridgehead atoms. The van der Waals surface area contributed by atoms with Gasteiger partial charge in [-0.15, -0.1) is 0 Å². The van der Waals surface area contributed by atoms with Crippen LogP contribution in [0.25, 0.3) is 0 Å². The maximum Gasteiger partial charge on any atom is 0.0724 e. The Morgan fingerprint density at radius 1 is 1.11 bits per heavy atom. The molecule has 0 aromatic heterocycles. The summed E-state index contributed by atoms with van der Waals surface area (Å²) in [6.45, 7) is 11.9. The van der Waals surface area contributed by atoms with Gasteiger partial charge in [0.1, 0.15) is 0 Å². The standard InChI is InChI=1S/C17H29NO/c1-7-17(19-6)16(18-8-2)11-15-13(4)9-12(3)10-14(15)5/h9-10,16-18H,7-8,11H2,1-6H3. The minimum atomic E-state index is 0.278. The Balaban J connectivity index is 2.96. The molecule has 0 heterocycles. The number of rotatable bonds is 7. The molecule has 2 nitrogen and oxygen atoms in total. The van der Waals surface area contributed by atoms with Crippen LogP contribution in [0.4, 0.5) is 0 Å². The summed E-state index contributed by atoms with van der Waals surface area (Å²) in [5, 5.41) is 3.58. The number of hydrogen-bond donors (Lipinski definition) is 1. The third-order valence-electron chi connectivity index (χ3n) is 3.88. The molecule has 0 radical (unpaired) electrons. The largest absolute Gasteiger partial charge is 0.380 e. The van der Waals surface area contributed by atoms with Crippen LogP contribution in [0.5, 0.6) is 0 Å². The number of methoxy groups -OCH3 is 1. The van der Waals surface area contributed by atoms with Crippen molar-refractivity contribution in [1.29, 1.82) is 0 Å². The van der Waals surface area contributed by atoms with Gasteiger partial charge in [-0.1, -0.05) is 31.5 Å². The van der Waals surface area contributed by atoms with Gasteiger partial charge >= 0.3 is 0 Å². The van der Waals surface area contributed by atoms with E-state index in [9.17, 15) is 0 Å². The number of hydrogen-bond acceptors (Lipinski definition) is 2. The van der Waals surface area contributed by atoms with Crippen LogP contribution in [0.3, 0.4) is 0 Å². The highest BCUT2D eigenvalue weighted by Crippen LogP contribution is 2.20. The number of ether oxygens (including phenoxy) is 1. The van der Waals surface area contributed by atoms with Crippen LogP contribution in [0.1, 0.15) is 42.5 Å². The van der Waals surface area contributed by atoms with Crippen LogP contribution in [0, 0.1) is 20.8 Å². The summed E-state index contributed by atoms with van der Waals surface area (Å²) in [7, 11) is 1.81. The Kier molecular flexibility index (Phi) is 6.53. The third kappa shape index (κ3) is 4.32. The molecule has 108 valence electrons. The molecule has 1 N–H and O–H groups in total. The van der Waals surface area contributed by atoms with E-state index in [1.54, 1.807) is 0 Å². The number of benzene rings is 1. The highest BCUT2D eigenvalue weighted by atomic mass is 16.5. The van der Waals surface area contributed by atoms with E-state index in [0.29, 0.717) is 6.04 Å². The van der Waals surface area contributed by atoms with E-state index < -0.39 is 0 Å². The number of aryl methyl sites for hydroxylation is 3. The van der Waals surface area contributed by atoms with Crippen molar-refractivity contribution in [2.75, 3.05) is 13.7 Å². The van der Waals surface area contributed by atoms with Crippen molar-refractivity contribution in [1.82, 2.24) is 5.32 Å². The predicted octanol–water partition coefficient (Wildman–Crippen LogP) is 3.56. The van der Waals surface area contributed by atoms with Gasteiger partial charge < -0.3 is 10.1 Å². The molecule has 0 aliphatic carbocycles. The fourth-order valence-electron chi connectivity index (χ4n) is 2.96. The third-order valence-corrected chi connectivity index (χ3v) is 3.88. The highest BCUT2D eigenvalue weighted by Gasteiger charge is 2.20. The topological polar surface area (TPSA) is 21.3 Å². The van der Waals surface area contributed by atoms with Crippen LogP contribution in [-0.2, 0) is 11.2 Å². The van der Waals surface area contributed by atoms with Crippen molar-refractivity contribution in [3.8, 4) is 0 Å². The molecule has 0 fully saturated rings. The predicted molar refractivity (Wildman–Crippen MR) is 82.9 cm³/mol. The summed E-state index contributed by atoms with van der Waals surface area (Å²) < 4.78 is 5.63. The second-order valence-corrected chi connectivity index (χ2v) is 5.43. The lowest BCUT2D eigenvalue weighted by molar-refractivity contribution is 0.0658. The van der Waals surface area contributed by atoms with Crippen molar-refractivity contribution in [2.45, 2.75) is 59.6 Å².